The molecule has 2 N–H and O–H groups in total. The molecule has 0 aliphatic rings. The van der Waals surface area contributed by atoms with Gasteiger partial charge in [0.05, 0.1) is 0 Å². The van der Waals surface area contributed by atoms with Crippen LogP contribution in [-0.2, 0) is 6.54 Å². The predicted octanol–water partition coefficient (Wildman–Crippen LogP) is 3.88. The Labute approximate surface area is 138 Å². The maximum atomic E-state index is 12.1. The van der Waals surface area contributed by atoms with Gasteiger partial charge in [-0.3, -0.25) is 4.79 Å². The van der Waals surface area contributed by atoms with E-state index in [1.807, 2.05) is 31.3 Å². The number of hydrogen-bond acceptors (Lipinski definition) is 2. The van der Waals surface area contributed by atoms with Crippen molar-refractivity contribution >= 4 is 12.2 Å². The van der Waals surface area contributed by atoms with Gasteiger partial charge in [0.15, 0.2) is 0 Å². The van der Waals surface area contributed by atoms with E-state index < -0.39 is 0 Å². The van der Waals surface area contributed by atoms with Gasteiger partial charge in [-0.15, -0.1) is 0 Å². The minimum Gasteiger partial charge on any atom is -0.326 e. The Kier molecular flexibility index (Phi) is 5.94. The van der Waals surface area contributed by atoms with Gasteiger partial charge in [0.2, 0.25) is 0 Å². The highest BCUT2D eigenvalue weighted by molar-refractivity contribution is 5.69. The molecular formula is C20H26N2O. The highest BCUT2D eigenvalue weighted by Gasteiger charge is 2.02. The van der Waals surface area contributed by atoms with Crippen LogP contribution in [0.25, 0.3) is 12.2 Å². The van der Waals surface area contributed by atoms with Crippen LogP contribution in [0.4, 0.5) is 0 Å². The summed E-state index contributed by atoms with van der Waals surface area (Å²) in [5.41, 5.74) is 9.27. The Hall–Kier alpha value is -2.13. The molecule has 2 aromatic rings. The molecule has 1 aromatic heterocycles. The van der Waals surface area contributed by atoms with Gasteiger partial charge < -0.3 is 10.3 Å². The SMILES string of the molecule is CCC(N)Cn1ccc(/C=C/c2ccc(C(C)C)cc2)cc1=O. The van der Waals surface area contributed by atoms with E-state index in [2.05, 4.69) is 38.1 Å². The second kappa shape index (κ2) is 7.93. The molecule has 0 bridgehead atoms. The summed E-state index contributed by atoms with van der Waals surface area (Å²) in [7, 11) is 0. The molecule has 0 spiro atoms. The number of pyridine rings is 1. The molecule has 1 heterocycles. The molecule has 1 atom stereocenters. The van der Waals surface area contributed by atoms with Crippen LogP contribution >= 0.6 is 0 Å². The molecule has 0 saturated heterocycles. The molecule has 0 amide bonds. The normalized spacial score (nSPS) is 12.9. The minimum atomic E-state index is -0.00814. The van der Waals surface area contributed by atoms with Crippen molar-refractivity contribution < 1.29 is 0 Å². The molecule has 0 saturated carbocycles. The molecule has 0 aliphatic heterocycles. The Morgan fingerprint density at radius 3 is 2.30 bits per heavy atom. The fourth-order valence-electron chi connectivity index (χ4n) is 2.34. The van der Waals surface area contributed by atoms with E-state index in [-0.39, 0.29) is 11.6 Å². The maximum absolute atomic E-state index is 12.1. The van der Waals surface area contributed by atoms with E-state index in [0.717, 1.165) is 17.5 Å². The van der Waals surface area contributed by atoms with Crippen molar-refractivity contribution in [1.82, 2.24) is 4.57 Å². The fraction of sp³-hybridized carbons (Fsp3) is 0.350. The third kappa shape index (κ3) is 4.93. The van der Waals surface area contributed by atoms with Gasteiger partial charge in [-0.2, -0.15) is 0 Å². The number of rotatable bonds is 6. The minimum absolute atomic E-state index is 0.00814. The second-order valence-electron chi connectivity index (χ2n) is 6.27. The van der Waals surface area contributed by atoms with E-state index >= 15 is 0 Å². The molecular weight excluding hydrogens is 284 g/mol. The number of nitrogens with two attached hydrogens (primary N) is 1. The van der Waals surface area contributed by atoms with Crippen LogP contribution in [-0.4, -0.2) is 10.6 Å². The third-order valence-electron chi connectivity index (χ3n) is 4.05. The smallest absolute Gasteiger partial charge is 0.251 e. The predicted molar refractivity (Wildman–Crippen MR) is 98.4 cm³/mol. The van der Waals surface area contributed by atoms with Crippen molar-refractivity contribution in [2.24, 2.45) is 5.73 Å². The summed E-state index contributed by atoms with van der Waals surface area (Å²) in [5, 5.41) is 0. The monoisotopic (exact) mass is 310 g/mol. The van der Waals surface area contributed by atoms with Gasteiger partial charge >= 0.3 is 0 Å². The first kappa shape index (κ1) is 17.2. The first-order valence-corrected chi connectivity index (χ1v) is 8.23. The lowest BCUT2D eigenvalue weighted by Gasteiger charge is -2.11. The molecule has 0 fully saturated rings. The van der Waals surface area contributed by atoms with E-state index in [0.29, 0.717) is 12.5 Å². The summed E-state index contributed by atoms with van der Waals surface area (Å²) in [6.45, 7) is 6.96. The Bertz CT molecular complexity index is 711. The molecule has 3 heteroatoms. The zero-order chi connectivity index (χ0) is 16.8. The number of benzene rings is 1. The summed E-state index contributed by atoms with van der Waals surface area (Å²) in [6.07, 6.45) is 6.68. The largest absolute Gasteiger partial charge is 0.326 e. The van der Waals surface area contributed by atoms with Crippen molar-refractivity contribution in [3.63, 3.8) is 0 Å². The van der Waals surface area contributed by atoms with E-state index in [1.54, 1.807) is 10.6 Å². The lowest BCUT2D eigenvalue weighted by atomic mass is 10.0. The van der Waals surface area contributed by atoms with Gasteiger partial charge in [0.25, 0.3) is 5.56 Å². The van der Waals surface area contributed by atoms with E-state index in [4.69, 9.17) is 5.73 Å². The lowest BCUT2D eigenvalue weighted by molar-refractivity contribution is 0.527. The summed E-state index contributed by atoms with van der Waals surface area (Å²) in [4.78, 5) is 12.1. The highest BCUT2D eigenvalue weighted by atomic mass is 16.1. The summed E-state index contributed by atoms with van der Waals surface area (Å²) < 4.78 is 1.67. The van der Waals surface area contributed by atoms with Gasteiger partial charge in [-0.05, 0) is 35.1 Å². The average molecular weight is 310 g/mol. The Morgan fingerprint density at radius 2 is 1.74 bits per heavy atom. The first-order valence-electron chi connectivity index (χ1n) is 8.23. The summed E-state index contributed by atoms with van der Waals surface area (Å²) in [5.74, 6) is 0.537. The molecule has 0 radical (unpaired) electrons. The van der Waals surface area contributed by atoms with Gasteiger partial charge in [0.1, 0.15) is 0 Å². The van der Waals surface area contributed by atoms with E-state index in [1.165, 1.54) is 5.56 Å². The fourth-order valence-corrected chi connectivity index (χ4v) is 2.34. The van der Waals surface area contributed by atoms with Crippen molar-refractivity contribution in [1.29, 1.82) is 0 Å². The number of aromatic nitrogens is 1. The molecule has 23 heavy (non-hydrogen) atoms. The lowest BCUT2D eigenvalue weighted by Crippen LogP contribution is -2.30. The topological polar surface area (TPSA) is 48.0 Å². The molecule has 1 unspecified atom stereocenters. The quantitative estimate of drug-likeness (QED) is 0.880. The summed E-state index contributed by atoms with van der Waals surface area (Å²) >= 11 is 0. The van der Waals surface area contributed by atoms with Crippen molar-refractivity contribution in [2.45, 2.75) is 45.7 Å². The van der Waals surface area contributed by atoms with Crippen molar-refractivity contribution in [3.05, 3.63) is 69.6 Å². The van der Waals surface area contributed by atoms with Crippen LogP contribution < -0.4 is 11.3 Å². The van der Waals surface area contributed by atoms with Gasteiger partial charge in [0, 0.05) is 24.8 Å². The van der Waals surface area contributed by atoms with E-state index in [9.17, 15) is 4.79 Å². The standard InChI is InChI=1S/C20H26N2O/c1-4-19(21)14-22-12-11-17(13-20(22)23)6-5-16-7-9-18(10-8-16)15(2)3/h5-13,15,19H,4,14,21H2,1-3H3/b6-5+. The number of hydrogen-bond donors (Lipinski definition) is 1. The molecule has 2 rings (SSSR count). The zero-order valence-electron chi connectivity index (χ0n) is 14.2. The van der Waals surface area contributed by atoms with Crippen LogP contribution in [0, 0.1) is 0 Å². The maximum Gasteiger partial charge on any atom is 0.251 e. The molecule has 3 nitrogen and oxygen atoms in total. The molecule has 122 valence electrons. The Balaban J connectivity index is 2.10. The number of nitrogens with zero attached hydrogens (tertiary/aromatic N) is 1. The molecule has 1 aromatic carbocycles. The van der Waals surface area contributed by atoms with Crippen molar-refractivity contribution in [3.8, 4) is 0 Å². The second-order valence-corrected chi connectivity index (χ2v) is 6.27. The Morgan fingerprint density at radius 1 is 1.09 bits per heavy atom. The average Bonchev–Trinajstić information content (AvgIpc) is 2.55. The van der Waals surface area contributed by atoms with Crippen LogP contribution in [0.5, 0.6) is 0 Å². The van der Waals surface area contributed by atoms with Gasteiger partial charge in [-0.1, -0.05) is 57.2 Å². The first-order chi connectivity index (χ1) is 11.0. The van der Waals surface area contributed by atoms with Crippen molar-refractivity contribution in [2.75, 3.05) is 0 Å². The molecule has 0 aliphatic carbocycles. The van der Waals surface area contributed by atoms with Crippen LogP contribution in [0.2, 0.25) is 0 Å². The van der Waals surface area contributed by atoms with Crippen LogP contribution in [0.1, 0.15) is 49.8 Å². The third-order valence-corrected chi connectivity index (χ3v) is 4.05. The van der Waals surface area contributed by atoms with Gasteiger partial charge in [-0.25, -0.2) is 0 Å². The summed E-state index contributed by atoms with van der Waals surface area (Å²) in [6, 6.07) is 12.1. The van der Waals surface area contributed by atoms with Crippen LogP contribution in [0.15, 0.2) is 47.4 Å². The zero-order valence-corrected chi connectivity index (χ0v) is 14.2. The van der Waals surface area contributed by atoms with Crippen LogP contribution in [0.3, 0.4) is 0 Å². The highest BCUT2D eigenvalue weighted by Crippen LogP contribution is 2.16.